The molecule has 7 heteroatoms. The Balaban J connectivity index is 1.75. The molecular weight excluding hydrogens is 336 g/mol. The van der Waals surface area contributed by atoms with Crippen molar-refractivity contribution in [3.63, 3.8) is 0 Å². The van der Waals surface area contributed by atoms with Gasteiger partial charge in [-0.15, -0.1) is 0 Å². The summed E-state index contributed by atoms with van der Waals surface area (Å²) in [5.74, 6) is 0.567. The Hall–Kier alpha value is -1.18. The maximum Gasteiger partial charge on any atom is 0.153 e. The summed E-state index contributed by atoms with van der Waals surface area (Å²) in [5, 5.41) is 4.41. The quantitative estimate of drug-likeness (QED) is 0.743. The molecule has 0 radical (unpaired) electrons. The molecule has 2 saturated heterocycles. The van der Waals surface area contributed by atoms with E-state index in [9.17, 15) is 8.42 Å². The standard InChI is InChI=1S/C18H30N4O2S/c1-14(2)5-6-20-7-8-21(18-13-25(23,24)12-17(18)20)10-16-9-19-22(11-16)15(3)4/h5,9,11,15,17-18H,6-8,10,12-13H2,1-4H3/t17-,18+/m1/s1. The van der Waals surface area contributed by atoms with Gasteiger partial charge < -0.3 is 0 Å². The van der Waals surface area contributed by atoms with Gasteiger partial charge in [-0.25, -0.2) is 8.42 Å². The summed E-state index contributed by atoms with van der Waals surface area (Å²) >= 11 is 0. The molecule has 1 aromatic rings. The highest BCUT2D eigenvalue weighted by Gasteiger charge is 2.46. The molecule has 0 unspecified atom stereocenters. The molecule has 1 aromatic heterocycles. The molecule has 0 bridgehead atoms. The van der Waals surface area contributed by atoms with Crippen LogP contribution >= 0.6 is 0 Å². The first-order chi connectivity index (χ1) is 11.7. The van der Waals surface area contributed by atoms with Crippen LogP contribution in [0.4, 0.5) is 0 Å². The Morgan fingerprint density at radius 3 is 2.48 bits per heavy atom. The normalized spacial score (nSPS) is 26.8. The summed E-state index contributed by atoms with van der Waals surface area (Å²) in [6.07, 6.45) is 6.19. The lowest BCUT2D eigenvalue weighted by Gasteiger charge is -2.43. The SMILES string of the molecule is CC(C)=CCN1CCN(Cc2cnn(C(C)C)c2)[C@H]2CS(=O)(=O)C[C@H]21. The highest BCUT2D eigenvalue weighted by molar-refractivity contribution is 7.91. The third-order valence-corrected chi connectivity index (χ3v) is 6.91. The number of allylic oxidation sites excluding steroid dienone is 1. The molecule has 2 atom stereocenters. The Labute approximate surface area is 151 Å². The third-order valence-electron chi connectivity index (χ3n) is 5.21. The number of rotatable bonds is 5. The van der Waals surface area contributed by atoms with Crippen LogP contribution in [0.25, 0.3) is 0 Å². The molecule has 6 nitrogen and oxygen atoms in total. The van der Waals surface area contributed by atoms with E-state index in [2.05, 4.69) is 54.9 Å². The van der Waals surface area contributed by atoms with Gasteiger partial charge in [-0.05, 0) is 27.7 Å². The summed E-state index contributed by atoms with van der Waals surface area (Å²) < 4.78 is 26.5. The van der Waals surface area contributed by atoms with E-state index < -0.39 is 9.84 Å². The van der Waals surface area contributed by atoms with Crippen molar-refractivity contribution in [1.82, 2.24) is 19.6 Å². The second-order valence-corrected chi connectivity index (χ2v) is 10.0. The zero-order valence-corrected chi connectivity index (χ0v) is 16.5. The van der Waals surface area contributed by atoms with Gasteiger partial charge in [-0.3, -0.25) is 14.5 Å². The van der Waals surface area contributed by atoms with Crippen LogP contribution in [0.2, 0.25) is 0 Å². The lowest BCUT2D eigenvalue weighted by atomic mass is 10.0. The summed E-state index contributed by atoms with van der Waals surface area (Å²) in [6, 6.07) is 0.537. The zero-order valence-electron chi connectivity index (χ0n) is 15.7. The summed E-state index contributed by atoms with van der Waals surface area (Å²) in [4.78, 5) is 4.69. The van der Waals surface area contributed by atoms with E-state index in [0.29, 0.717) is 6.04 Å². The summed E-state index contributed by atoms with van der Waals surface area (Å²) in [5.41, 5.74) is 2.44. The summed E-state index contributed by atoms with van der Waals surface area (Å²) in [7, 11) is -2.96. The van der Waals surface area contributed by atoms with Gasteiger partial charge in [0.1, 0.15) is 0 Å². The van der Waals surface area contributed by atoms with Crippen molar-refractivity contribution in [3.05, 3.63) is 29.6 Å². The number of sulfone groups is 1. The van der Waals surface area contributed by atoms with E-state index in [1.165, 1.54) is 5.57 Å². The predicted octanol–water partition coefficient (Wildman–Crippen LogP) is 1.71. The minimum absolute atomic E-state index is 0.0895. The van der Waals surface area contributed by atoms with Gasteiger partial charge >= 0.3 is 0 Å². The molecule has 3 heterocycles. The van der Waals surface area contributed by atoms with E-state index in [0.717, 1.165) is 31.7 Å². The highest BCUT2D eigenvalue weighted by Crippen LogP contribution is 2.28. The van der Waals surface area contributed by atoms with Crippen molar-refractivity contribution in [1.29, 1.82) is 0 Å². The fourth-order valence-electron chi connectivity index (χ4n) is 3.80. The Kier molecular flexibility index (Phi) is 5.37. The lowest BCUT2D eigenvalue weighted by molar-refractivity contribution is 0.0477. The molecule has 0 amide bonds. The summed E-state index contributed by atoms with van der Waals surface area (Å²) in [6.45, 7) is 11.8. The highest BCUT2D eigenvalue weighted by atomic mass is 32.2. The van der Waals surface area contributed by atoms with Crippen molar-refractivity contribution < 1.29 is 8.42 Å². The van der Waals surface area contributed by atoms with Crippen LogP contribution in [0.5, 0.6) is 0 Å². The van der Waals surface area contributed by atoms with Crippen LogP contribution in [0.3, 0.4) is 0 Å². The van der Waals surface area contributed by atoms with Gasteiger partial charge in [0.05, 0.1) is 17.7 Å². The number of piperazine rings is 1. The molecule has 140 valence electrons. The van der Waals surface area contributed by atoms with Crippen molar-refractivity contribution >= 4 is 9.84 Å². The van der Waals surface area contributed by atoms with E-state index >= 15 is 0 Å². The largest absolute Gasteiger partial charge is 0.293 e. The minimum Gasteiger partial charge on any atom is -0.293 e. The fraction of sp³-hybridized carbons (Fsp3) is 0.722. The molecule has 25 heavy (non-hydrogen) atoms. The molecular formula is C18H30N4O2S. The molecule has 0 N–H and O–H groups in total. The van der Waals surface area contributed by atoms with Crippen LogP contribution in [-0.2, 0) is 16.4 Å². The van der Waals surface area contributed by atoms with E-state index in [-0.39, 0.29) is 23.6 Å². The number of hydrogen-bond donors (Lipinski definition) is 0. The molecule has 0 spiro atoms. The molecule has 2 aliphatic heterocycles. The topological polar surface area (TPSA) is 58.4 Å². The van der Waals surface area contributed by atoms with E-state index in [1.54, 1.807) is 0 Å². The van der Waals surface area contributed by atoms with Gasteiger partial charge in [0.2, 0.25) is 0 Å². The number of fused-ring (bicyclic) bond motifs is 1. The van der Waals surface area contributed by atoms with E-state index in [1.807, 2.05) is 10.9 Å². The molecule has 3 rings (SSSR count). The lowest BCUT2D eigenvalue weighted by Crippen LogP contribution is -2.58. The number of aromatic nitrogens is 2. The van der Waals surface area contributed by atoms with Crippen LogP contribution in [0.1, 0.15) is 39.3 Å². The maximum atomic E-state index is 12.3. The Bertz CT molecular complexity index is 734. The van der Waals surface area contributed by atoms with Crippen molar-refractivity contribution in [2.75, 3.05) is 31.1 Å². The second kappa shape index (κ2) is 7.21. The van der Waals surface area contributed by atoms with Crippen molar-refractivity contribution in [2.45, 2.75) is 52.4 Å². The van der Waals surface area contributed by atoms with Crippen molar-refractivity contribution in [2.24, 2.45) is 0 Å². The second-order valence-electron chi connectivity index (χ2n) is 7.88. The average molecular weight is 367 g/mol. The molecule has 2 fully saturated rings. The molecule has 2 aliphatic rings. The van der Waals surface area contributed by atoms with Crippen LogP contribution < -0.4 is 0 Å². The van der Waals surface area contributed by atoms with Crippen molar-refractivity contribution in [3.8, 4) is 0 Å². The third kappa shape index (κ3) is 4.33. The average Bonchev–Trinajstić information content (AvgIpc) is 3.10. The first-order valence-corrected chi connectivity index (χ1v) is 10.9. The molecule has 0 saturated carbocycles. The molecule has 0 aliphatic carbocycles. The van der Waals surface area contributed by atoms with Crippen LogP contribution in [0.15, 0.2) is 24.0 Å². The molecule has 0 aromatic carbocycles. The van der Waals surface area contributed by atoms with Gasteiger partial charge in [-0.2, -0.15) is 5.10 Å². The number of hydrogen-bond acceptors (Lipinski definition) is 5. The number of nitrogens with zero attached hydrogens (tertiary/aromatic N) is 4. The predicted molar refractivity (Wildman–Crippen MR) is 100 cm³/mol. The van der Waals surface area contributed by atoms with Gasteiger partial charge in [0.15, 0.2) is 9.84 Å². The first kappa shape index (κ1) is 18.6. The Morgan fingerprint density at radius 1 is 1.24 bits per heavy atom. The zero-order chi connectivity index (χ0) is 18.2. The fourth-order valence-corrected chi connectivity index (χ4v) is 5.84. The minimum atomic E-state index is -2.96. The Morgan fingerprint density at radius 2 is 1.88 bits per heavy atom. The van der Waals surface area contributed by atoms with Gasteiger partial charge in [0, 0.05) is 56.1 Å². The van der Waals surface area contributed by atoms with Gasteiger partial charge in [-0.1, -0.05) is 11.6 Å². The first-order valence-electron chi connectivity index (χ1n) is 9.10. The van der Waals surface area contributed by atoms with Crippen LogP contribution in [0, 0.1) is 0 Å². The maximum absolute atomic E-state index is 12.3. The smallest absolute Gasteiger partial charge is 0.153 e. The van der Waals surface area contributed by atoms with E-state index in [4.69, 9.17) is 0 Å². The van der Waals surface area contributed by atoms with Gasteiger partial charge in [0.25, 0.3) is 0 Å². The monoisotopic (exact) mass is 366 g/mol. The van der Waals surface area contributed by atoms with Crippen LogP contribution in [-0.4, -0.2) is 71.2 Å².